The summed E-state index contributed by atoms with van der Waals surface area (Å²) in [6.45, 7) is 2.19. The van der Waals surface area contributed by atoms with Crippen molar-refractivity contribution in [1.29, 1.82) is 0 Å². The summed E-state index contributed by atoms with van der Waals surface area (Å²) < 4.78 is 7.14. The zero-order valence-electron chi connectivity index (χ0n) is 15.9. The van der Waals surface area contributed by atoms with Gasteiger partial charge in [0.15, 0.2) is 5.65 Å². The van der Waals surface area contributed by atoms with E-state index in [-0.39, 0.29) is 0 Å². The van der Waals surface area contributed by atoms with Crippen molar-refractivity contribution in [2.24, 2.45) is 0 Å². The largest absolute Gasteiger partial charge is 0.497 e. The molecule has 4 aromatic rings. The number of nitrogens with zero attached hydrogens (tertiary/aromatic N) is 5. The first-order chi connectivity index (χ1) is 13.8. The van der Waals surface area contributed by atoms with Gasteiger partial charge in [-0.1, -0.05) is 13.3 Å². The van der Waals surface area contributed by atoms with E-state index in [0.717, 1.165) is 44.7 Å². The maximum atomic E-state index is 5.26. The molecule has 142 valence electrons. The lowest BCUT2D eigenvalue weighted by Crippen LogP contribution is -1.99. The predicted octanol–water partition coefficient (Wildman–Crippen LogP) is 4.75. The number of unbranched alkanes of at least 4 members (excludes halogenated alkanes) is 1. The molecule has 0 aliphatic heterocycles. The Hall–Kier alpha value is -2.93. The molecular formula is C21H21N5OS. The maximum absolute atomic E-state index is 5.26. The molecule has 0 aliphatic rings. The topological polar surface area (TPSA) is 65.2 Å². The molecule has 28 heavy (non-hydrogen) atoms. The van der Waals surface area contributed by atoms with Crippen molar-refractivity contribution in [2.75, 3.05) is 12.9 Å². The normalized spacial score (nSPS) is 11.1. The number of hydrogen-bond donors (Lipinski definition) is 0. The van der Waals surface area contributed by atoms with E-state index in [0.29, 0.717) is 0 Å². The fraction of sp³-hybridized carbons (Fsp3) is 0.238. The van der Waals surface area contributed by atoms with Crippen LogP contribution in [0.15, 0.2) is 60.1 Å². The monoisotopic (exact) mass is 391 g/mol. The Bertz CT molecular complexity index is 1060. The van der Waals surface area contributed by atoms with Crippen LogP contribution in [0.4, 0.5) is 0 Å². The lowest BCUT2D eigenvalue weighted by atomic mass is 10.1. The Labute approximate surface area is 168 Å². The molecule has 3 aromatic heterocycles. The van der Waals surface area contributed by atoms with Gasteiger partial charge in [0, 0.05) is 29.6 Å². The molecule has 0 N–H and O–H groups in total. The van der Waals surface area contributed by atoms with Crippen molar-refractivity contribution in [2.45, 2.75) is 24.8 Å². The average Bonchev–Trinajstić information content (AvgIpc) is 3.17. The Morgan fingerprint density at radius 1 is 1.04 bits per heavy atom. The van der Waals surface area contributed by atoms with E-state index in [9.17, 15) is 0 Å². The third kappa shape index (κ3) is 3.84. The lowest BCUT2D eigenvalue weighted by molar-refractivity contribution is 0.415. The van der Waals surface area contributed by atoms with Crippen LogP contribution in [0.5, 0.6) is 5.75 Å². The van der Waals surface area contributed by atoms with E-state index >= 15 is 0 Å². The summed E-state index contributed by atoms with van der Waals surface area (Å²) in [5, 5.41) is 5.74. The van der Waals surface area contributed by atoms with E-state index in [1.165, 1.54) is 19.2 Å². The van der Waals surface area contributed by atoms with Gasteiger partial charge < -0.3 is 4.74 Å². The molecule has 0 bridgehead atoms. The Kier molecular flexibility index (Phi) is 5.53. The minimum absolute atomic E-state index is 0.811. The van der Waals surface area contributed by atoms with E-state index in [1.54, 1.807) is 31.3 Å². The SMILES string of the molecule is CCCCSc1cc2nc(-c3ccc(OC)cc3)cc(-c3cncnc3)n2n1. The van der Waals surface area contributed by atoms with Gasteiger partial charge in [-0.3, -0.25) is 0 Å². The second-order valence-corrected chi connectivity index (χ2v) is 7.45. The van der Waals surface area contributed by atoms with Crippen LogP contribution in [0.3, 0.4) is 0 Å². The fourth-order valence-electron chi connectivity index (χ4n) is 2.89. The molecule has 0 saturated carbocycles. The molecule has 0 saturated heterocycles. The average molecular weight is 392 g/mol. The highest BCUT2D eigenvalue weighted by atomic mass is 32.2. The summed E-state index contributed by atoms with van der Waals surface area (Å²) in [5.74, 6) is 1.87. The molecule has 1 aromatic carbocycles. The third-order valence-electron chi connectivity index (χ3n) is 4.39. The number of thioether (sulfide) groups is 1. The molecule has 0 atom stereocenters. The van der Waals surface area contributed by atoms with Crippen molar-refractivity contribution in [3.8, 4) is 28.3 Å². The Balaban J connectivity index is 1.82. The van der Waals surface area contributed by atoms with Crippen molar-refractivity contribution in [3.05, 3.63) is 55.1 Å². The Morgan fingerprint density at radius 2 is 1.82 bits per heavy atom. The van der Waals surface area contributed by atoms with Gasteiger partial charge in [0.2, 0.25) is 0 Å². The standard InChI is InChI=1S/C21H21N5OS/c1-3-4-9-28-21-11-20-24-18(15-5-7-17(27-2)8-6-15)10-19(26(20)25-21)16-12-22-14-23-13-16/h5-8,10-14H,3-4,9H2,1-2H3. The smallest absolute Gasteiger partial charge is 0.157 e. The van der Waals surface area contributed by atoms with Gasteiger partial charge in [-0.05, 0) is 42.5 Å². The summed E-state index contributed by atoms with van der Waals surface area (Å²) in [7, 11) is 1.66. The summed E-state index contributed by atoms with van der Waals surface area (Å²) >= 11 is 1.76. The summed E-state index contributed by atoms with van der Waals surface area (Å²) in [6, 6.07) is 12.0. The van der Waals surface area contributed by atoms with Crippen LogP contribution in [0.2, 0.25) is 0 Å². The zero-order chi connectivity index (χ0) is 19.3. The molecule has 0 radical (unpaired) electrons. The number of methoxy groups -OCH3 is 1. The molecular weight excluding hydrogens is 370 g/mol. The van der Waals surface area contributed by atoms with Gasteiger partial charge in [0.05, 0.1) is 18.5 Å². The quantitative estimate of drug-likeness (QED) is 0.334. The number of aromatic nitrogens is 5. The van der Waals surface area contributed by atoms with Crippen LogP contribution < -0.4 is 4.74 Å². The highest BCUT2D eigenvalue weighted by Gasteiger charge is 2.13. The molecule has 0 spiro atoms. The first-order valence-corrected chi connectivity index (χ1v) is 10.2. The van der Waals surface area contributed by atoms with E-state index in [1.807, 2.05) is 40.9 Å². The highest BCUT2D eigenvalue weighted by molar-refractivity contribution is 7.99. The number of benzene rings is 1. The van der Waals surface area contributed by atoms with E-state index in [4.69, 9.17) is 14.8 Å². The van der Waals surface area contributed by atoms with Crippen molar-refractivity contribution in [3.63, 3.8) is 0 Å². The minimum Gasteiger partial charge on any atom is -0.497 e. The molecule has 6 nitrogen and oxygen atoms in total. The maximum Gasteiger partial charge on any atom is 0.157 e. The molecule has 0 unspecified atom stereocenters. The van der Waals surface area contributed by atoms with Gasteiger partial charge in [0.1, 0.15) is 17.1 Å². The number of rotatable bonds is 7. The summed E-state index contributed by atoms with van der Waals surface area (Å²) in [5.41, 5.74) is 4.52. The molecule has 4 rings (SSSR count). The first kappa shape index (κ1) is 18.4. The van der Waals surface area contributed by atoms with Gasteiger partial charge >= 0.3 is 0 Å². The number of ether oxygens (including phenoxy) is 1. The second-order valence-electron chi connectivity index (χ2n) is 6.34. The van der Waals surface area contributed by atoms with Crippen LogP contribution in [0, 0.1) is 0 Å². The Morgan fingerprint density at radius 3 is 2.54 bits per heavy atom. The zero-order valence-corrected chi connectivity index (χ0v) is 16.7. The van der Waals surface area contributed by atoms with E-state index in [2.05, 4.69) is 16.9 Å². The molecule has 0 aliphatic carbocycles. The van der Waals surface area contributed by atoms with Crippen LogP contribution in [0.25, 0.3) is 28.2 Å². The van der Waals surface area contributed by atoms with Crippen molar-refractivity contribution < 1.29 is 4.74 Å². The first-order valence-electron chi connectivity index (χ1n) is 9.22. The van der Waals surface area contributed by atoms with Crippen LogP contribution in [-0.4, -0.2) is 37.4 Å². The lowest BCUT2D eigenvalue weighted by Gasteiger charge is -2.08. The summed E-state index contributed by atoms with van der Waals surface area (Å²) in [6.07, 6.45) is 7.47. The van der Waals surface area contributed by atoms with Gasteiger partial charge in [-0.2, -0.15) is 5.10 Å². The van der Waals surface area contributed by atoms with Crippen molar-refractivity contribution in [1.82, 2.24) is 24.6 Å². The molecule has 0 fully saturated rings. The molecule has 7 heteroatoms. The second kappa shape index (κ2) is 8.39. The van der Waals surface area contributed by atoms with Crippen LogP contribution in [0.1, 0.15) is 19.8 Å². The van der Waals surface area contributed by atoms with Crippen LogP contribution >= 0.6 is 11.8 Å². The van der Waals surface area contributed by atoms with Crippen molar-refractivity contribution >= 4 is 17.4 Å². The number of fused-ring (bicyclic) bond motifs is 1. The van der Waals surface area contributed by atoms with Gasteiger partial charge in [0.25, 0.3) is 0 Å². The fourth-order valence-corrected chi connectivity index (χ4v) is 3.86. The van der Waals surface area contributed by atoms with Crippen LogP contribution in [-0.2, 0) is 0 Å². The predicted molar refractivity (Wildman–Crippen MR) is 112 cm³/mol. The molecule has 0 amide bonds. The summed E-state index contributed by atoms with van der Waals surface area (Å²) in [4.78, 5) is 13.2. The number of hydrogen-bond acceptors (Lipinski definition) is 6. The minimum atomic E-state index is 0.811. The third-order valence-corrected chi connectivity index (χ3v) is 5.38. The molecule has 3 heterocycles. The van der Waals surface area contributed by atoms with Gasteiger partial charge in [-0.25, -0.2) is 19.5 Å². The highest BCUT2D eigenvalue weighted by Crippen LogP contribution is 2.29. The van der Waals surface area contributed by atoms with Gasteiger partial charge in [-0.15, -0.1) is 11.8 Å². The van der Waals surface area contributed by atoms with E-state index < -0.39 is 0 Å².